The van der Waals surface area contributed by atoms with Gasteiger partial charge in [-0.3, -0.25) is 14.5 Å². The first-order valence-electron chi connectivity index (χ1n) is 8.39. The Labute approximate surface area is 163 Å². The molecule has 1 atom stereocenters. The van der Waals surface area contributed by atoms with Gasteiger partial charge in [0.2, 0.25) is 5.91 Å². The van der Waals surface area contributed by atoms with Gasteiger partial charge in [-0.15, -0.1) is 17.9 Å². The predicted molar refractivity (Wildman–Crippen MR) is 108 cm³/mol. The Morgan fingerprint density at radius 1 is 1.27 bits per heavy atom. The van der Waals surface area contributed by atoms with E-state index in [0.29, 0.717) is 19.5 Å². The number of benzene rings is 1. The molecular formula is C20H23ClN2O2S. The van der Waals surface area contributed by atoms with E-state index in [9.17, 15) is 9.59 Å². The van der Waals surface area contributed by atoms with E-state index in [1.54, 1.807) is 6.08 Å². The lowest BCUT2D eigenvalue weighted by Gasteiger charge is -2.22. The number of nitrogens with one attached hydrogen (secondary N) is 1. The van der Waals surface area contributed by atoms with Crippen molar-refractivity contribution in [3.8, 4) is 0 Å². The van der Waals surface area contributed by atoms with Gasteiger partial charge in [0.25, 0.3) is 0 Å². The van der Waals surface area contributed by atoms with Gasteiger partial charge < -0.3 is 5.32 Å². The molecule has 26 heavy (non-hydrogen) atoms. The summed E-state index contributed by atoms with van der Waals surface area (Å²) in [6.07, 6.45) is 2.25. The number of nitrogens with zero attached hydrogens (tertiary/aromatic N) is 1. The average molecular weight is 391 g/mol. The van der Waals surface area contributed by atoms with E-state index in [0.717, 1.165) is 14.8 Å². The summed E-state index contributed by atoms with van der Waals surface area (Å²) in [4.78, 5) is 27.4. The van der Waals surface area contributed by atoms with Gasteiger partial charge in [-0.1, -0.05) is 48.0 Å². The molecule has 0 bridgehead atoms. The molecule has 6 heteroatoms. The molecule has 2 aromatic rings. The fourth-order valence-corrected chi connectivity index (χ4v) is 3.74. The van der Waals surface area contributed by atoms with Gasteiger partial charge in [-0.05, 0) is 31.0 Å². The van der Waals surface area contributed by atoms with Crippen LogP contribution in [0.15, 0.2) is 55.1 Å². The fraction of sp³-hybridized carbons (Fsp3) is 0.300. The number of rotatable bonds is 10. The summed E-state index contributed by atoms with van der Waals surface area (Å²) in [5, 5.41) is 2.86. The smallest absolute Gasteiger partial charge is 0.234 e. The van der Waals surface area contributed by atoms with E-state index >= 15 is 0 Å². The molecule has 138 valence electrons. The van der Waals surface area contributed by atoms with Crippen LogP contribution in [0.1, 0.15) is 17.4 Å². The highest BCUT2D eigenvalue weighted by molar-refractivity contribution is 7.16. The number of ketones is 1. The molecule has 1 amide bonds. The minimum atomic E-state index is -0.522. The van der Waals surface area contributed by atoms with E-state index in [4.69, 9.17) is 11.6 Å². The number of hydrogen-bond donors (Lipinski definition) is 1. The zero-order chi connectivity index (χ0) is 18.9. The van der Waals surface area contributed by atoms with Crippen molar-refractivity contribution < 1.29 is 9.59 Å². The van der Waals surface area contributed by atoms with Gasteiger partial charge in [-0.2, -0.15) is 0 Å². The lowest BCUT2D eigenvalue weighted by molar-refractivity contribution is -0.127. The lowest BCUT2D eigenvalue weighted by atomic mass is 10.0. The van der Waals surface area contributed by atoms with Crippen LogP contribution < -0.4 is 5.32 Å². The van der Waals surface area contributed by atoms with E-state index in [1.807, 2.05) is 47.4 Å². The lowest BCUT2D eigenvalue weighted by Crippen LogP contribution is -2.45. The molecule has 1 aromatic heterocycles. The van der Waals surface area contributed by atoms with Crippen molar-refractivity contribution in [2.24, 2.45) is 0 Å². The Kier molecular flexibility index (Phi) is 8.04. The van der Waals surface area contributed by atoms with Crippen LogP contribution in [0.4, 0.5) is 0 Å². The average Bonchev–Trinajstić information content (AvgIpc) is 3.00. The Hall–Kier alpha value is -1.95. The number of halogens is 1. The maximum absolute atomic E-state index is 12.5. The third-order valence-electron chi connectivity index (χ3n) is 3.87. The summed E-state index contributed by atoms with van der Waals surface area (Å²) in [5.74, 6) is -0.229. The largest absolute Gasteiger partial charge is 0.345 e. The van der Waals surface area contributed by atoms with Crippen LogP contribution in [0.3, 0.4) is 0 Å². The van der Waals surface area contributed by atoms with Gasteiger partial charge in [0, 0.05) is 18.0 Å². The second-order valence-corrected chi connectivity index (χ2v) is 7.88. The fourth-order valence-electron chi connectivity index (χ4n) is 2.61. The molecule has 2 rings (SSSR count). The minimum absolute atomic E-state index is 0.0532. The zero-order valence-corrected chi connectivity index (χ0v) is 16.4. The number of thiophene rings is 1. The standard InChI is InChI=1S/C20H23ClN2O2S/c1-3-11-23(13-17-9-10-19(21)26-17)14-20(25)22-18(15(2)24)12-16-7-5-4-6-8-16/h3-10,18H,1,11-14H2,2H3,(H,22,25)/t18-/m0/s1. The first-order chi connectivity index (χ1) is 12.5. The molecule has 4 nitrogen and oxygen atoms in total. The molecular weight excluding hydrogens is 368 g/mol. The van der Waals surface area contributed by atoms with E-state index in [-0.39, 0.29) is 18.2 Å². The first-order valence-corrected chi connectivity index (χ1v) is 9.58. The molecule has 1 N–H and O–H groups in total. The SMILES string of the molecule is C=CCN(CC(=O)N[C@@H](Cc1ccccc1)C(C)=O)Cc1ccc(Cl)s1. The van der Waals surface area contributed by atoms with Crippen LogP contribution in [0.25, 0.3) is 0 Å². The molecule has 0 saturated carbocycles. The minimum Gasteiger partial charge on any atom is -0.345 e. The van der Waals surface area contributed by atoms with Crippen molar-refractivity contribution in [3.63, 3.8) is 0 Å². The van der Waals surface area contributed by atoms with E-state index in [1.165, 1.54) is 18.3 Å². The molecule has 0 aliphatic heterocycles. The topological polar surface area (TPSA) is 49.4 Å². The molecule has 0 unspecified atom stereocenters. The Bertz CT molecular complexity index is 745. The van der Waals surface area contributed by atoms with Gasteiger partial charge in [0.05, 0.1) is 16.9 Å². The summed E-state index contributed by atoms with van der Waals surface area (Å²) in [6.45, 7) is 6.63. The number of Topliss-reactive ketones (excluding diaryl/α,β-unsaturated/α-hetero) is 1. The van der Waals surface area contributed by atoms with Crippen molar-refractivity contribution in [1.82, 2.24) is 10.2 Å². The summed E-state index contributed by atoms with van der Waals surface area (Å²) in [7, 11) is 0. The highest BCUT2D eigenvalue weighted by Gasteiger charge is 2.19. The van der Waals surface area contributed by atoms with Crippen LogP contribution in [0.2, 0.25) is 4.34 Å². The normalized spacial score (nSPS) is 12.0. The highest BCUT2D eigenvalue weighted by Crippen LogP contribution is 2.22. The third-order valence-corrected chi connectivity index (χ3v) is 5.09. The Balaban J connectivity index is 1.95. The number of carbonyl (C=O) groups excluding carboxylic acids is 2. The zero-order valence-electron chi connectivity index (χ0n) is 14.8. The van der Waals surface area contributed by atoms with Crippen molar-refractivity contribution in [2.75, 3.05) is 13.1 Å². The summed E-state index contributed by atoms with van der Waals surface area (Å²) in [6, 6.07) is 13.0. The maximum atomic E-state index is 12.5. The monoisotopic (exact) mass is 390 g/mol. The van der Waals surface area contributed by atoms with Crippen molar-refractivity contribution in [2.45, 2.75) is 25.9 Å². The number of hydrogen-bond acceptors (Lipinski definition) is 4. The summed E-state index contributed by atoms with van der Waals surface area (Å²) < 4.78 is 0.725. The van der Waals surface area contributed by atoms with E-state index in [2.05, 4.69) is 11.9 Å². The maximum Gasteiger partial charge on any atom is 0.234 e. The third kappa shape index (κ3) is 6.75. The van der Waals surface area contributed by atoms with Crippen molar-refractivity contribution in [3.05, 3.63) is 69.9 Å². The molecule has 1 heterocycles. The summed E-state index contributed by atoms with van der Waals surface area (Å²) in [5.41, 5.74) is 1.02. The number of amides is 1. The Morgan fingerprint density at radius 3 is 2.58 bits per heavy atom. The number of carbonyl (C=O) groups is 2. The Morgan fingerprint density at radius 2 is 2.00 bits per heavy atom. The highest BCUT2D eigenvalue weighted by atomic mass is 35.5. The van der Waals surface area contributed by atoms with Crippen molar-refractivity contribution >= 4 is 34.6 Å². The second-order valence-electron chi connectivity index (χ2n) is 6.08. The van der Waals surface area contributed by atoms with Crippen LogP contribution in [-0.4, -0.2) is 35.7 Å². The molecule has 0 fully saturated rings. The molecule has 1 aromatic carbocycles. The molecule has 0 radical (unpaired) electrons. The molecule has 0 aliphatic rings. The second kappa shape index (κ2) is 10.3. The van der Waals surface area contributed by atoms with Crippen molar-refractivity contribution in [1.29, 1.82) is 0 Å². The van der Waals surface area contributed by atoms with Gasteiger partial charge in [-0.25, -0.2) is 0 Å². The van der Waals surface area contributed by atoms with Gasteiger partial charge >= 0.3 is 0 Å². The summed E-state index contributed by atoms with van der Waals surface area (Å²) >= 11 is 7.46. The van der Waals surface area contributed by atoms with Crippen LogP contribution >= 0.6 is 22.9 Å². The molecule has 0 aliphatic carbocycles. The van der Waals surface area contributed by atoms with Crippen LogP contribution in [0, 0.1) is 0 Å². The van der Waals surface area contributed by atoms with Crippen LogP contribution in [0.5, 0.6) is 0 Å². The van der Waals surface area contributed by atoms with Crippen LogP contribution in [-0.2, 0) is 22.6 Å². The van der Waals surface area contributed by atoms with Gasteiger partial charge in [0.1, 0.15) is 0 Å². The van der Waals surface area contributed by atoms with E-state index < -0.39 is 6.04 Å². The quantitative estimate of drug-likeness (QED) is 0.629. The van der Waals surface area contributed by atoms with Gasteiger partial charge in [0.15, 0.2) is 5.78 Å². The molecule has 0 saturated heterocycles. The predicted octanol–water partition coefficient (Wildman–Crippen LogP) is 3.71. The first kappa shape index (κ1) is 20.4. The molecule has 0 spiro atoms.